The van der Waals surface area contributed by atoms with Crippen molar-refractivity contribution in [1.29, 1.82) is 0 Å². The average Bonchev–Trinajstić information content (AvgIpc) is 2.91. The first kappa shape index (κ1) is 23.3. The van der Waals surface area contributed by atoms with Gasteiger partial charge in [-0.1, -0.05) is 42.3 Å². The van der Waals surface area contributed by atoms with E-state index in [2.05, 4.69) is 66.6 Å². The van der Waals surface area contributed by atoms with Crippen LogP contribution in [0, 0.1) is 36.0 Å². The fourth-order valence-corrected chi connectivity index (χ4v) is 8.95. The molecule has 0 unspecified atom stereocenters. The van der Waals surface area contributed by atoms with Crippen molar-refractivity contribution in [2.45, 2.75) is 52.4 Å². The summed E-state index contributed by atoms with van der Waals surface area (Å²) in [5.41, 5.74) is -0.739. The Kier molecular flexibility index (Phi) is 6.27. The molecule has 7 rings (SSSR count). The summed E-state index contributed by atoms with van der Waals surface area (Å²) in [4.78, 5) is 16.6. The Morgan fingerprint density at radius 2 is 1.28 bits per heavy atom. The molecule has 36 heavy (non-hydrogen) atoms. The SMILES string of the molecule is C#CC1(OC(=O)COc2ccc([S+](c3ccccc3)c3ccccc3)cc2)C2CC3CC(C2)CC1C3. The quantitative estimate of drug-likeness (QED) is 0.212. The van der Waals surface area contributed by atoms with Crippen LogP contribution in [0.4, 0.5) is 0 Å². The molecule has 0 amide bonds. The van der Waals surface area contributed by atoms with Gasteiger partial charge in [0.25, 0.3) is 0 Å². The second-order valence-electron chi connectivity index (χ2n) is 10.4. The van der Waals surface area contributed by atoms with Crippen molar-refractivity contribution in [3.05, 3.63) is 84.9 Å². The first-order valence-electron chi connectivity index (χ1n) is 12.9. The van der Waals surface area contributed by atoms with Gasteiger partial charge in [-0.2, -0.15) is 0 Å². The minimum atomic E-state index is -0.739. The van der Waals surface area contributed by atoms with Crippen LogP contribution < -0.4 is 4.74 Å². The van der Waals surface area contributed by atoms with Crippen molar-refractivity contribution >= 4 is 16.9 Å². The average molecular weight is 496 g/mol. The van der Waals surface area contributed by atoms with Gasteiger partial charge in [0.15, 0.2) is 26.9 Å². The van der Waals surface area contributed by atoms with Crippen LogP contribution in [0.3, 0.4) is 0 Å². The monoisotopic (exact) mass is 495 g/mol. The lowest BCUT2D eigenvalue weighted by molar-refractivity contribution is -0.191. The van der Waals surface area contributed by atoms with E-state index in [1.165, 1.54) is 21.1 Å². The van der Waals surface area contributed by atoms with Crippen molar-refractivity contribution in [2.24, 2.45) is 23.7 Å². The molecule has 3 nitrogen and oxygen atoms in total. The molecule has 0 aromatic heterocycles. The second kappa shape index (κ2) is 9.71. The number of carbonyl (C=O) groups is 1. The fraction of sp³-hybridized carbons (Fsp3) is 0.344. The molecule has 4 aliphatic rings. The van der Waals surface area contributed by atoms with E-state index in [1.807, 2.05) is 24.3 Å². The number of carbonyl (C=O) groups excluding carboxylic acids is 1. The van der Waals surface area contributed by atoms with E-state index >= 15 is 0 Å². The van der Waals surface area contributed by atoms with Gasteiger partial charge in [0, 0.05) is 11.8 Å². The number of hydrogen-bond acceptors (Lipinski definition) is 3. The first-order valence-corrected chi connectivity index (χ1v) is 14.1. The molecule has 0 heterocycles. The van der Waals surface area contributed by atoms with Gasteiger partial charge in [0.2, 0.25) is 0 Å². The fourth-order valence-electron chi connectivity index (χ4n) is 6.87. The van der Waals surface area contributed by atoms with Crippen LogP contribution >= 0.6 is 0 Å². The molecular formula is C32H31O3S+. The Morgan fingerprint density at radius 1 is 0.778 bits per heavy atom. The maximum Gasteiger partial charge on any atom is 0.345 e. The van der Waals surface area contributed by atoms with Crippen molar-refractivity contribution in [1.82, 2.24) is 0 Å². The standard InChI is InChI=1S/C32H31O3S/c1-2-32(25-18-23-17-24(20-25)21-26(32)19-23)35-31(33)22-34-27-13-15-30(16-14-27)36(28-9-5-3-6-10-28)29-11-7-4-8-12-29/h1,3-16,23-26H,17-22H2/q+1. The Balaban J connectivity index is 1.13. The van der Waals surface area contributed by atoms with Crippen molar-refractivity contribution < 1.29 is 14.3 Å². The Morgan fingerprint density at radius 3 is 1.78 bits per heavy atom. The summed E-state index contributed by atoms with van der Waals surface area (Å²) in [7, 11) is -0.219. The molecular weight excluding hydrogens is 464 g/mol. The number of rotatable bonds is 7. The number of terminal acetylenes is 1. The number of ether oxygens (including phenoxy) is 2. The lowest BCUT2D eigenvalue weighted by atomic mass is 9.50. The third-order valence-electron chi connectivity index (χ3n) is 8.23. The number of benzene rings is 3. The molecule has 182 valence electrons. The third-order valence-corrected chi connectivity index (χ3v) is 10.5. The molecule has 0 aliphatic heterocycles. The predicted molar refractivity (Wildman–Crippen MR) is 142 cm³/mol. The molecule has 0 saturated heterocycles. The van der Waals surface area contributed by atoms with Crippen LogP contribution in [0.1, 0.15) is 32.1 Å². The van der Waals surface area contributed by atoms with Gasteiger partial charge in [-0.05, 0) is 92.5 Å². The predicted octanol–water partition coefficient (Wildman–Crippen LogP) is 6.53. The smallest absolute Gasteiger partial charge is 0.345 e. The van der Waals surface area contributed by atoms with E-state index in [0.29, 0.717) is 17.6 Å². The van der Waals surface area contributed by atoms with E-state index in [0.717, 1.165) is 37.5 Å². The van der Waals surface area contributed by atoms with Crippen LogP contribution in [-0.4, -0.2) is 18.2 Å². The first-order chi connectivity index (χ1) is 17.6. The molecule has 3 aromatic carbocycles. The molecule has 0 N–H and O–H groups in total. The van der Waals surface area contributed by atoms with E-state index < -0.39 is 5.60 Å². The van der Waals surface area contributed by atoms with Crippen LogP contribution in [0.5, 0.6) is 5.75 Å². The highest BCUT2D eigenvalue weighted by molar-refractivity contribution is 7.97. The summed E-state index contributed by atoms with van der Waals surface area (Å²) in [6.45, 7) is -0.127. The van der Waals surface area contributed by atoms with Gasteiger partial charge in [0.05, 0.1) is 10.9 Å². The van der Waals surface area contributed by atoms with Gasteiger partial charge in [-0.3, -0.25) is 0 Å². The van der Waals surface area contributed by atoms with E-state index in [9.17, 15) is 4.79 Å². The number of hydrogen-bond donors (Lipinski definition) is 0. The summed E-state index contributed by atoms with van der Waals surface area (Å²) in [5.74, 6) is 5.36. The molecule has 0 atom stereocenters. The maximum absolute atomic E-state index is 12.9. The second-order valence-corrected chi connectivity index (χ2v) is 12.4. The molecule has 4 bridgehead atoms. The minimum absolute atomic E-state index is 0.127. The highest BCUT2D eigenvalue weighted by Crippen LogP contribution is 2.59. The molecule has 4 fully saturated rings. The highest BCUT2D eigenvalue weighted by Gasteiger charge is 2.59. The van der Waals surface area contributed by atoms with Crippen molar-refractivity contribution in [2.75, 3.05) is 6.61 Å². The zero-order chi connectivity index (χ0) is 24.5. The van der Waals surface area contributed by atoms with E-state index in [-0.39, 0.29) is 23.5 Å². The van der Waals surface area contributed by atoms with E-state index in [4.69, 9.17) is 15.9 Å². The van der Waals surface area contributed by atoms with Crippen LogP contribution in [0.15, 0.2) is 99.6 Å². The van der Waals surface area contributed by atoms with Crippen LogP contribution in [0.25, 0.3) is 0 Å². The van der Waals surface area contributed by atoms with Gasteiger partial charge in [-0.25, -0.2) is 4.79 Å². The zero-order valence-corrected chi connectivity index (χ0v) is 21.2. The van der Waals surface area contributed by atoms with Gasteiger partial charge in [0.1, 0.15) is 5.75 Å². The molecule has 4 aliphatic carbocycles. The molecule has 0 spiro atoms. The molecule has 0 radical (unpaired) electrons. The Bertz CT molecular complexity index is 1180. The van der Waals surface area contributed by atoms with Crippen molar-refractivity contribution in [3.8, 4) is 18.1 Å². The Hall–Kier alpha value is -3.16. The van der Waals surface area contributed by atoms with Crippen molar-refractivity contribution in [3.63, 3.8) is 0 Å². The largest absolute Gasteiger partial charge is 0.482 e. The lowest BCUT2D eigenvalue weighted by Crippen LogP contribution is -2.59. The normalized spacial score (nSPS) is 28.0. The molecule has 4 saturated carbocycles. The summed E-state index contributed by atoms with van der Waals surface area (Å²) >= 11 is 0. The topological polar surface area (TPSA) is 35.5 Å². The van der Waals surface area contributed by atoms with Crippen LogP contribution in [0.2, 0.25) is 0 Å². The van der Waals surface area contributed by atoms with Gasteiger partial charge in [-0.15, -0.1) is 6.42 Å². The zero-order valence-electron chi connectivity index (χ0n) is 20.3. The van der Waals surface area contributed by atoms with Gasteiger partial charge >= 0.3 is 5.97 Å². The minimum Gasteiger partial charge on any atom is -0.482 e. The van der Waals surface area contributed by atoms with Gasteiger partial charge < -0.3 is 9.47 Å². The summed E-state index contributed by atoms with van der Waals surface area (Å²) in [6.07, 6.45) is 11.7. The lowest BCUT2D eigenvalue weighted by Gasteiger charge is -2.58. The Labute approximate surface area is 216 Å². The van der Waals surface area contributed by atoms with Crippen LogP contribution in [-0.2, 0) is 20.4 Å². The summed E-state index contributed by atoms with van der Waals surface area (Å²) in [5, 5.41) is 0. The molecule has 3 aromatic rings. The third kappa shape index (κ3) is 4.31. The maximum atomic E-state index is 12.9. The highest BCUT2D eigenvalue weighted by atomic mass is 32.2. The summed E-state index contributed by atoms with van der Waals surface area (Å²) in [6, 6.07) is 29.1. The molecule has 4 heteroatoms. The van der Waals surface area contributed by atoms with E-state index in [1.54, 1.807) is 0 Å². The number of esters is 1. The summed E-state index contributed by atoms with van der Waals surface area (Å²) < 4.78 is 11.9.